The summed E-state index contributed by atoms with van der Waals surface area (Å²) in [4.78, 5) is 12.4. The normalized spacial score (nSPS) is 25.0. The maximum atomic E-state index is 12.4. The zero-order chi connectivity index (χ0) is 15.5. The highest BCUT2D eigenvalue weighted by molar-refractivity contribution is 6.33. The molecule has 1 unspecified atom stereocenters. The maximum Gasteiger partial charge on any atom is 0.331 e. The second-order valence-electron chi connectivity index (χ2n) is 6.70. The molecule has 1 aliphatic rings. The van der Waals surface area contributed by atoms with Gasteiger partial charge in [0.25, 0.3) is 0 Å². The topological polar surface area (TPSA) is 38.3 Å². The Kier molecular flexibility index (Phi) is 4.82. The van der Waals surface area contributed by atoms with Crippen molar-refractivity contribution in [1.29, 1.82) is 0 Å². The molecule has 1 fully saturated rings. The quantitative estimate of drug-likeness (QED) is 0.652. The van der Waals surface area contributed by atoms with Gasteiger partial charge in [0.2, 0.25) is 0 Å². The summed E-state index contributed by atoms with van der Waals surface area (Å²) in [6.45, 7) is 4.52. The number of carbonyl (C=O) groups is 1. The number of nitrogens with one attached hydrogen (secondary N) is 1. The Morgan fingerprint density at radius 2 is 1.90 bits per heavy atom. The molecule has 0 amide bonds. The Morgan fingerprint density at radius 1 is 1.19 bits per heavy atom. The lowest BCUT2D eigenvalue weighted by atomic mass is 9.83. The molecule has 0 saturated heterocycles. The number of esters is 1. The molecule has 2 rings (SSSR count). The van der Waals surface area contributed by atoms with Crippen LogP contribution in [0.2, 0.25) is 5.02 Å². The van der Waals surface area contributed by atoms with Crippen LogP contribution in [0.15, 0.2) is 24.3 Å². The van der Waals surface area contributed by atoms with Crippen molar-refractivity contribution in [3.63, 3.8) is 0 Å². The van der Waals surface area contributed by atoms with Crippen molar-refractivity contribution in [2.45, 2.75) is 51.5 Å². The van der Waals surface area contributed by atoms with Gasteiger partial charge >= 0.3 is 5.97 Å². The molecule has 116 valence electrons. The highest BCUT2D eigenvalue weighted by Crippen LogP contribution is 2.41. The minimum Gasteiger partial charge on any atom is -0.467 e. The third-order valence-corrected chi connectivity index (χ3v) is 4.84. The van der Waals surface area contributed by atoms with Crippen molar-refractivity contribution < 1.29 is 9.53 Å². The number of carbonyl (C=O) groups excluding carboxylic acids is 1. The van der Waals surface area contributed by atoms with Gasteiger partial charge < -0.3 is 10.1 Å². The van der Waals surface area contributed by atoms with E-state index < -0.39 is 5.54 Å². The average Bonchev–Trinajstić information content (AvgIpc) is 2.60. The fraction of sp³-hybridized carbons (Fsp3) is 0.588. The van der Waals surface area contributed by atoms with Crippen LogP contribution < -0.4 is 5.32 Å². The molecule has 1 aromatic rings. The Balaban J connectivity index is 2.30. The SMILES string of the molecule is COC(=O)C1(Nc2ccccc2Cl)CCCC(C)(C)CC1. The highest BCUT2D eigenvalue weighted by Gasteiger charge is 2.42. The average molecular weight is 310 g/mol. The minimum absolute atomic E-state index is 0.194. The van der Waals surface area contributed by atoms with E-state index in [9.17, 15) is 4.79 Å². The summed E-state index contributed by atoms with van der Waals surface area (Å²) in [7, 11) is 1.45. The molecule has 1 saturated carbocycles. The third kappa shape index (κ3) is 3.70. The molecule has 3 nitrogen and oxygen atoms in total. The molecule has 21 heavy (non-hydrogen) atoms. The first-order valence-electron chi connectivity index (χ1n) is 7.50. The lowest BCUT2D eigenvalue weighted by Gasteiger charge is -2.33. The predicted molar refractivity (Wildman–Crippen MR) is 86.7 cm³/mol. The summed E-state index contributed by atoms with van der Waals surface area (Å²) < 4.78 is 5.08. The van der Waals surface area contributed by atoms with Gasteiger partial charge in [-0.15, -0.1) is 0 Å². The zero-order valence-electron chi connectivity index (χ0n) is 13.0. The molecule has 4 heteroatoms. The Labute approximate surface area is 132 Å². The van der Waals surface area contributed by atoms with Crippen LogP contribution in [0.25, 0.3) is 0 Å². The number of rotatable bonds is 3. The second kappa shape index (κ2) is 6.27. The molecule has 0 heterocycles. The van der Waals surface area contributed by atoms with Crippen molar-refractivity contribution in [2.24, 2.45) is 5.41 Å². The van der Waals surface area contributed by atoms with Crippen LogP contribution in [-0.4, -0.2) is 18.6 Å². The maximum absolute atomic E-state index is 12.4. The van der Waals surface area contributed by atoms with Crippen LogP contribution in [0.4, 0.5) is 5.69 Å². The summed E-state index contributed by atoms with van der Waals surface area (Å²) in [5.74, 6) is -0.194. The first kappa shape index (κ1) is 16.2. The van der Waals surface area contributed by atoms with Crippen molar-refractivity contribution in [3.05, 3.63) is 29.3 Å². The summed E-state index contributed by atoms with van der Waals surface area (Å²) in [6.07, 6.45) is 4.64. The van der Waals surface area contributed by atoms with Crippen molar-refractivity contribution in [2.75, 3.05) is 12.4 Å². The van der Waals surface area contributed by atoms with E-state index in [0.717, 1.165) is 37.8 Å². The van der Waals surface area contributed by atoms with E-state index in [-0.39, 0.29) is 11.4 Å². The highest BCUT2D eigenvalue weighted by atomic mass is 35.5. The number of hydrogen-bond donors (Lipinski definition) is 1. The van der Waals surface area contributed by atoms with Crippen LogP contribution in [0.5, 0.6) is 0 Å². The summed E-state index contributed by atoms with van der Waals surface area (Å²) in [5.41, 5.74) is 0.384. The second-order valence-corrected chi connectivity index (χ2v) is 7.10. The smallest absolute Gasteiger partial charge is 0.331 e. The van der Waals surface area contributed by atoms with E-state index in [1.807, 2.05) is 24.3 Å². The number of anilines is 1. The minimum atomic E-state index is -0.673. The molecule has 1 aliphatic carbocycles. The molecular formula is C17H24ClNO2. The third-order valence-electron chi connectivity index (χ3n) is 4.51. The van der Waals surface area contributed by atoms with Gasteiger partial charge in [-0.05, 0) is 49.7 Å². The molecule has 0 spiro atoms. The van der Waals surface area contributed by atoms with Crippen LogP contribution in [0.3, 0.4) is 0 Å². The van der Waals surface area contributed by atoms with E-state index in [2.05, 4.69) is 19.2 Å². The fourth-order valence-corrected chi connectivity index (χ4v) is 3.25. The number of halogens is 1. The molecule has 1 aromatic carbocycles. The van der Waals surface area contributed by atoms with Gasteiger partial charge in [-0.25, -0.2) is 4.79 Å². The van der Waals surface area contributed by atoms with Crippen molar-refractivity contribution in [1.82, 2.24) is 0 Å². The largest absolute Gasteiger partial charge is 0.467 e. The molecule has 1 atom stereocenters. The van der Waals surface area contributed by atoms with Crippen LogP contribution in [0.1, 0.15) is 46.0 Å². The van der Waals surface area contributed by atoms with Gasteiger partial charge in [0.05, 0.1) is 17.8 Å². The number of para-hydroxylation sites is 1. The molecular weight excluding hydrogens is 286 g/mol. The molecule has 0 aromatic heterocycles. The number of hydrogen-bond acceptors (Lipinski definition) is 3. The lowest BCUT2D eigenvalue weighted by molar-refractivity contribution is -0.146. The first-order chi connectivity index (χ1) is 9.88. The molecule has 1 N–H and O–H groups in total. The van der Waals surface area contributed by atoms with Gasteiger partial charge in [0, 0.05) is 0 Å². The van der Waals surface area contributed by atoms with Crippen molar-refractivity contribution >= 4 is 23.3 Å². The summed E-state index contributed by atoms with van der Waals surface area (Å²) >= 11 is 6.24. The van der Waals surface area contributed by atoms with E-state index in [4.69, 9.17) is 16.3 Å². The number of benzene rings is 1. The number of methoxy groups -OCH3 is 1. The van der Waals surface area contributed by atoms with E-state index in [1.54, 1.807) is 0 Å². The Bertz CT molecular complexity index is 515. The number of ether oxygens (including phenoxy) is 1. The zero-order valence-corrected chi connectivity index (χ0v) is 13.8. The van der Waals surface area contributed by atoms with Crippen LogP contribution in [-0.2, 0) is 9.53 Å². The predicted octanol–water partition coefficient (Wildman–Crippen LogP) is 4.65. The summed E-state index contributed by atoms with van der Waals surface area (Å²) in [6, 6.07) is 7.53. The molecule has 0 bridgehead atoms. The Morgan fingerprint density at radius 3 is 2.57 bits per heavy atom. The molecule has 0 radical (unpaired) electrons. The van der Waals surface area contributed by atoms with Gasteiger partial charge in [0.15, 0.2) is 0 Å². The monoisotopic (exact) mass is 309 g/mol. The Hall–Kier alpha value is -1.22. The van der Waals surface area contributed by atoms with E-state index in [0.29, 0.717) is 5.02 Å². The standard InChI is InChI=1S/C17H24ClNO2/c1-16(2)9-6-10-17(12-11-16,15(20)21-3)19-14-8-5-4-7-13(14)18/h4-5,7-8,19H,6,9-12H2,1-3H3. The lowest BCUT2D eigenvalue weighted by Crippen LogP contribution is -2.47. The van der Waals surface area contributed by atoms with Crippen LogP contribution >= 0.6 is 11.6 Å². The first-order valence-corrected chi connectivity index (χ1v) is 7.88. The van der Waals surface area contributed by atoms with E-state index >= 15 is 0 Å². The van der Waals surface area contributed by atoms with Gasteiger partial charge in [0.1, 0.15) is 5.54 Å². The van der Waals surface area contributed by atoms with Crippen molar-refractivity contribution in [3.8, 4) is 0 Å². The van der Waals surface area contributed by atoms with E-state index in [1.165, 1.54) is 7.11 Å². The summed E-state index contributed by atoms with van der Waals surface area (Å²) in [5, 5.41) is 4.01. The molecule has 0 aliphatic heterocycles. The van der Waals surface area contributed by atoms with Crippen LogP contribution in [0, 0.1) is 5.41 Å². The van der Waals surface area contributed by atoms with Gasteiger partial charge in [-0.1, -0.05) is 37.6 Å². The van der Waals surface area contributed by atoms with Gasteiger partial charge in [-0.3, -0.25) is 0 Å². The van der Waals surface area contributed by atoms with Gasteiger partial charge in [-0.2, -0.15) is 0 Å². The fourth-order valence-electron chi connectivity index (χ4n) is 3.07.